The summed E-state index contributed by atoms with van der Waals surface area (Å²) >= 11 is 0. The Morgan fingerprint density at radius 1 is 1.35 bits per heavy atom. The number of guanidine groups is 1. The van der Waals surface area contributed by atoms with Crippen LogP contribution in [0.4, 0.5) is 0 Å². The molecule has 0 heterocycles. The van der Waals surface area contributed by atoms with Gasteiger partial charge < -0.3 is 21.1 Å². The Bertz CT molecular complexity index is 551. The molecule has 0 aromatic heterocycles. The number of nitrogens with zero attached hydrogens (tertiary/aromatic N) is 1. The fraction of sp³-hybridized carbons (Fsp3) is 0.500. The summed E-state index contributed by atoms with van der Waals surface area (Å²) in [5.41, 5.74) is 0.281. The molecular formula is C16H25IN4O2. The van der Waals surface area contributed by atoms with Gasteiger partial charge in [-0.2, -0.15) is 0 Å². The molecular weight excluding hydrogens is 407 g/mol. The van der Waals surface area contributed by atoms with Gasteiger partial charge in [-0.1, -0.05) is 19.1 Å². The molecule has 0 radical (unpaired) electrons. The van der Waals surface area contributed by atoms with E-state index in [4.69, 9.17) is 0 Å². The Labute approximate surface area is 154 Å². The number of phenolic OH excluding ortho intramolecular Hbond substituents is 1. The maximum Gasteiger partial charge on any atom is 0.255 e. The maximum atomic E-state index is 11.9. The summed E-state index contributed by atoms with van der Waals surface area (Å²) < 4.78 is 0. The van der Waals surface area contributed by atoms with E-state index in [-0.39, 0.29) is 41.2 Å². The number of benzene rings is 1. The average molecular weight is 432 g/mol. The standard InChI is InChI=1S/C16H24N4O2.HI/c1-3-17-16(20-13-10-11(13)2)19-9-8-18-15(22)12-6-4-5-7-14(12)21;/h4-7,11,13,21H,3,8-10H2,1-2H3,(H,18,22)(H2,17,19,20);1H. The lowest BCUT2D eigenvalue weighted by Gasteiger charge is -2.11. The van der Waals surface area contributed by atoms with Crippen molar-refractivity contribution in [1.29, 1.82) is 0 Å². The number of carbonyl (C=O) groups excluding carboxylic acids is 1. The highest BCUT2D eigenvalue weighted by Gasteiger charge is 2.33. The van der Waals surface area contributed by atoms with Crippen LogP contribution in [-0.2, 0) is 0 Å². The minimum absolute atomic E-state index is 0. The SMILES string of the molecule is CCNC(=NCCNC(=O)c1ccccc1O)NC1CC1C.I. The second-order valence-corrected chi connectivity index (χ2v) is 5.50. The fourth-order valence-corrected chi connectivity index (χ4v) is 2.12. The van der Waals surface area contributed by atoms with E-state index in [0.29, 0.717) is 25.0 Å². The molecule has 0 saturated heterocycles. The summed E-state index contributed by atoms with van der Waals surface area (Å²) in [6, 6.07) is 7.00. The third kappa shape index (κ3) is 6.25. The Balaban J connectivity index is 0.00000264. The number of phenols is 1. The highest BCUT2D eigenvalue weighted by Crippen LogP contribution is 2.28. The van der Waals surface area contributed by atoms with Gasteiger partial charge in [0.15, 0.2) is 5.96 Å². The molecule has 2 atom stereocenters. The van der Waals surface area contributed by atoms with Crippen LogP contribution in [0, 0.1) is 5.92 Å². The third-order valence-electron chi connectivity index (χ3n) is 3.59. The first kappa shape index (κ1) is 19.5. The number of amides is 1. The van der Waals surface area contributed by atoms with Crippen LogP contribution in [-0.4, -0.2) is 42.6 Å². The molecule has 1 aromatic rings. The third-order valence-corrected chi connectivity index (χ3v) is 3.59. The van der Waals surface area contributed by atoms with Crippen molar-refractivity contribution in [2.45, 2.75) is 26.3 Å². The average Bonchev–Trinajstić information content (AvgIpc) is 3.19. The van der Waals surface area contributed by atoms with Crippen molar-refractivity contribution in [3.8, 4) is 5.75 Å². The van der Waals surface area contributed by atoms with Gasteiger partial charge >= 0.3 is 0 Å². The van der Waals surface area contributed by atoms with Crippen LogP contribution in [0.5, 0.6) is 5.75 Å². The second-order valence-electron chi connectivity index (χ2n) is 5.50. The lowest BCUT2D eigenvalue weighted by molar-refractivity contribution is 0.0952. The molecule has 1 saturated carbocycles. The molecule has 2 unspecified atom stereocenters. The molecule has 1 aromatic carbocycles. The quantitative estimate of drug-likeness (QED) is 0.239. The molecule has 4 N–H and O–H groups in total. The van der Waals surface area contributed by atoms with E-state index in [1.165, 1.54) is 12.5 Å². The van der Waals surface area contributed by atoms with Gasteiger partial charge in [-0.3, -0.25) is 9.79 Å². The highest BCUT2D eigenvalue weighted by atomic mass is 127. The largest absolute Gasteiger partial charge is 0.507 e. The van der Waals surface area contributed by atoms with Crippen molar-refractivity contribution in [2.24, 2.45) is 10.9 Å². The minimum atomic E-state index is -0.290. The highest BCUT2D eigenvalue weighted by molar-refractivity contribution is 14.0. The molecule has 1 amide bonds. The van der Waals surface area contributed by atoms with Gasteiger partial charge in [0.05, 0.1) is 12.1 Å². The Morgan fingerprint density at radius 2 is 2.04 bits per heavy atom. The Morgan fingerprint density at radius 3 is 2.65 bits per heavy atom. The van der Waals surface area contributed by atoms with Gasteiger partial charge in [0.25, 0.3) is 5.91 Å². The number of rotatable bonds is 6. The predicted octanol–water partition coefficient (Wildman–Crippen LogP) is 1.70. The van der Waals surface area contributed by atoms with Crippen molar-refractivity contribution in [3.05, 3.63) is 29.8 Å². The zero-order valence-electron chi connectivity index (χ0n) is 13.5. The number of aliphatic imine (C=N–C) groups is 1. The van der Waals surface area contributed by atoms with Crippen LogP contribution in [0.2, 0.25) is 0 Å². The van der Waals surface area contributed by atoms with E-state index < -0.39 is 0 Å². The molecule has 0 bridgehead atoms. The first-order valence-electron chi connectivity index (χ1n) is 7.72. The van der Waals surface area contributed by atoms with Gasteiger partial charge in [0.1, 0.15) is 5.75 Å². The van der Waals surface area contributed by atoms with Gasteiger partial charge in [-0.05, 0) is 31.4 Å². The number of aromatic hydroxyl groups is 1. The molecule has 23 heavy (non-hydrogen) atoms. The Kier molecular flexibility index (Phi) is 8.15. The summed E-state index contributed by atoms with van der Waals surface area (Å²) in [4.78, 5) is 16.3. The number of nitrogens with one attached hydrogen (secondary N) is 3. The maximum absolute atomic E-state index is 11.9. The van der Waals surface area contributed by atoms with E-state index >= 15 is 0 Å². The van der Waals surface area contributed by atoms with E-state index in [9.17, 15) is 9.90 Å². The van der Waals surface area contributed by atoms with Gasteiger partial charge in [-0.15, -0.1) is 24.0 Å². The minimum Gasteiger partial charge on any atom is -0.507 e. The molecule has 1 fully saturated rings. The number of carbonyl (C=O) groups is 1. The molecule has 0 spiro atoms. The fourth-order valence-electron chi connectivity index (χ4n) is 2.12. The van der Waals surface area contributed by atoms with Crippen LogP contribution in [0.3, 0.4) is 0 Å². The lowest BCUT2D eigenvalue weighted by Crippen LogP contribution is -2.39. The van der Waals surface area contributed by atoms with Gasteiger partial charge in [0, 0.05) is 19.1 Å². The molecule has 0 aliphatic heterocycles. The molecule has 128 valence electrons. The van der Waals surface area contributed by atoms with Crippen molar-refractivity contribution in [3.63, 3.8) is 0 Å². The second kappa shape index (κ2) is 9.59. The topological polar surface area (TPSA) is 85.8 Å². The molecule has 2 rings (SSSR count). The number of hydrogen-bond donors (Lipinski definition) is 4. The molecule has 1 aliphatic carbocycles. The normalized spacial score (nSPS) is 19.5. The van der Waals surface area contributed by atoms with Crippen molar-refractivity contribution in [2.75, 3.05) is 19.6 Å². The predicted molar refractivity (Wildman–Crippen MR) is 103 cm³/mol. The first-order valence-corrected chi connectivity index (χ1v) is 7.72. The van der Waals surface area contributed by atoms with Crippen LogP contribution in [0.1, 0.15) is 30.6 Å². The number of halogens is 1. The summed E-state index contributed by atoms with van der Waals surface area (Å²) in [6.45, 7) is 5.93. The van der Waals surface area contributed by atoms with E-state index in [2.05, 4.69) is 27.9 Å². The van der Waals surface area contributed by atoms with Crippen molar-refractivity contribution in [1.82, 2.24) is 16.0 Å². The summed E-state index contributed by atoms with van der Waals surface area (Å²) in [6.07, 6.45) is 1.18. The molecule has 7 heteroatoms. The monoisotopic (exact) mass is 432 g/mol. The summed E-state index contributed by atoms with van der Waals surface area (Å²) in [5.74, 6) is 1.18. The zero-order valence-corrected chi connectivity index (χ0v) is 15.8. The van der Waals surface area contributed by atoms with Crippen molar-refractivity contribution < 1.29 is 9.90 Å². The van der Waals surface area contributed by atoms with Gasteiger partial charge in [0.2, 0.25) is 0 Å². The number of hydrogen-bond acceptors (Lipinski definition) is 3. The summed E-state index contributed by atoms with van der Waals surface area (Å²) in [7, 11) is 0. The van der Waals surface area contributed by atoms with Crippen LogP contribution in [0.25, 0.3) is 0 Å². The molecule has 6 nitrogen and oxygen atoms in total. The smallest absolute Gasteiger partial charge is 0.255 e. The first-order chi connectivity index (χ1) is 10.6. The number of para-hydroxylation sites is 1. The van der Waals surface area contributed by atoms with E-state index in [1.807, 2.05) is 6.92 Å². The molecule has 1 aliphatic rings. The Hall–Kier alpha value is -1.51. The lowest BCUT2D eigenvalue weighted by atomic mass is 10.2. The van der Waals surface area contributed by atoms with E-state index in [1.54, 1.807) is 18.2 Å². The van der Waals surface area contributed by atoms with Crippen LogP contribution < -0.4 is 16.0 Å². The van der Waals surface area contributed by atoms with Gasteiger partial charge in [-0.25, -0.2) is 0 Å². The van der Waals surface area contributed by atoms with Crippen LogP contribution in [0.15, 0.2) is 29.3 Å². The van der Waals surface area contributed by atoms with E-state index in [0.717, 1.165) is 12.5 Å². The summed E-state index contributed by atoms with van der Waals surface area (Å²) in [5, 5.41) is 18.9. The van der Waals surface area contributed by atoms with Crippen molar-refractivity contribution >= 4 is 35.8 Å². The zero-order chi connectivity index (χ0) is 15.9. The van der Waals surface area contributed by atoms with Crippen LogP contribution >= 0.6 is 24.0 Å².